The lowest BCUT2D eigenvalue weighted by molar-refractivity contribution is 0.289. The van der Waals surface area contributed by atoms with E-state index in [-0.39, 0.29) is 6.04 Å². The standard InChI is InChI=1S/C9H12N4O/c1-2-3-4-14-9-7-8(11-5-10-7)12-6-13-9/h5-7H,2-4H2,1H3. The summed E-state index contributed by atoms with van der Waals surface area (Å²) in [5.74, 6) is 1.28. The quantitative estimate of drug-likeness (QED) is 0.616. The summed E-state index contributed by atoms with van der Waals surface area (Å²) in [6.45, 7) is 2.80. The van der Waals surface area contributed by atoms with E-state index in [1.165, 1.54) is 12.7 Å². The monoisotopic (exact) mass is 192 g/mol. The van der Waals surface area contributed by atoms with Crippen molar-refractivity contribution in [2.75, 3.05) is 6.61 Å². The first-order valence-electron chi connectivity index (χ1n) is 4.74. The van der Waals surface area contributed by atoms with Gasteiger partial charge in [0.15, 0.2) is 11.9 Å². The average molecular weight is 192 g/mol. The van der Waals surface area contributed by atoms with Crippen LogP contribution in [0.15, 0.2) is 20.0 Å². The molecule has 0 saturated heterocycles. The van der Waals surface area contributed by atoms with E-state index in [9.17, 15) is 0 Å². The average Bonchev–Trinajstić information content (AvgIpc) is 2.67. The third-order valence-corrected chi connectivity index (χ3v) is 2.01. The number of hydrogen-bond donors (Lipinski definition) is 0. The van der Waals surface area contributed by atoms with Crippen LogP contribution in [-0.4, -0.2) is 37.1 Å². The summed E-state index contributed by atoms with van der Waals surface area (Å²) in [4.78, 5) is 16.2. The Hall–Kier alpha value is -1.52. The van der Waals surface area contributed by atoms with Crippen LogP contribution >= 0.6 is 0 Å². The van der Waals surface area contributed by atoms with Gasteiger partial charge in [0.2, 0.25) is 5.90 Å². The van der Waals surface area contributed by atoms with Crippen LogP contribution in [0.5, 0.6) is 0 Å². The zero-order valence-corrected chi connectivity index (χ0v) is 8.05. The smallest absolute Gasteiger partial charge is 0.223 e. The maximum atomic E-state index is 5.50. The first kappa shape index (κ1) is 9.05. The molecule has 1 atom stereocenters. The third-order valence-electron chi connectivity index (χ3n) is 2.01. The highest BCUT2D eigenvalue weighted by molar-refractivity contribution is 6.18. The number of fused-ring (bicyclic) bond motifs is 1. The molecule has 74 valence electrons. The molecule has 2 heterocycles. The first-order valence-corrected chi connectivity index (χ1v) is 4.74. The summed E-state index contributed by atoms with van der Waals surface area (Å²) in [7, 11) is 0. The van der Waals surface area contributed by atoms with Gasteiger partial charge in [0.1, 0.15) is 12.7 Å². The van der Waals surface area contributed by atoms with Crippen molar-refractivity contribution in [2.24, 2.45) is 20.0 Å². The SMILES string of the molecule is CCCCOC1=NC=NC2=NC=NC21. The molecule has 5 nitrogen and oxygen atoms in total. The van der Waals surface area contributed by atoms with E-state index in [0.717, 1.165) is 12.8 Å². The molecular formula is C9H12N4O. The third kappa shape index (κ3) is 1.71. The lowest BCUT2D eigenvalue weighted by Crippen LogP contribution is -2.30. The van der Waals surface area contributed by atoms with Crippen LogP contribution in [0.2, 0.25) is 0 Å². The van der Waals surface area contributed by atoms with Crippen molar-refractivity contribution in [3.05, 3.63) is 0 Å². The van der Waals surface area contributed by atoms with E-state index >= 15 is 0 Å². The van der Waals surface area contributed by atoms with Gasteiger partial charge in [-0.3, -0.25) is 4.99 Å². The number of unbranched alkanes of at least 4 members (excludes halogenated alkanes) is 1. The van der Waals surface area contributed by atoms with E-state index in [1.54, 1.807) is 0 Å². The van der Waals surface area contributed by atoms with Gasteiger partial charge in [-0.1, -0.05) is 13.3 Å². The largest absolute Gasteiger partial charge is 0.479 e. The second-order valence-electron chi connectivity index (χ2n) is 3.07. The van der Waals surface area contributed by atoms with Gasteiger partial charge in [0.05, 0.1) is 6.61 Å². The fraction of sp³-hybridized carbons (Fsp3) is 0.556. The molecule has 0 amide bonds. The van der Waals surface area contributed by atoms with Crippen molar-refractivity contribution >= 4 is 24.4 Å². The van der Waals surface area contributed by atoms with E-state index < -0.39 is 0 Å². The van der Waals surface area contributed by atoms with Gasteiger partial charge in [0, 0.05) is 0 Å². The van der Waals surface area contributed by atoms with Crippen LogP contribution in [0.1, 0.15) is 19.8 Å². The van der Waals surface area contributed by atoms with E-state index in [0.29, 0.717) is 18.3 Å². The molecule has 0 radical (unpaired) electrons. The molecular weight excluding hydrogens is 180 g/mol. The minimum Gasteiger partial charge on any atom is -0.479 e. The predicted octanol–water partition coefficient (Wildman–Crippen LogP) is 1.05. The fourth-order valence-corrected chi connectivity index (χ4v) is 1.23. The maximum absolute atomic E-state index is 5.50. The van der Waals surface area contributed by atoms with E-state index in [4.69, 9.17) is 4.74 Å². The van der Waals surface area contributed by atoms with Gasteiger partial charge < -0.3 is 4.74 Å². The highest BCUT2D eigenvalue weighted by atomic mass is 16.5. The summed E-state index contributed by atoms with van der Waals surface area (Å²) in [6, 6.07) is -0.197. The molecule has 14 heavy (non-hydrogen) atoms. The number of nitrogens with zero attached hydrogens (tertiary/aromatic N) is 4. The van der Waals surface area contributed by atoms with Crippen molar-refractivity contribution < 1.29 is 4.74 Å². The van der Waals surface area contributed by atoms with Crippen molar-refractivity contribution in [1.29, 1.82) is 0 Å². The summed E-state index contributed by atoms with van der Waals surface area (Å²) >= 11 is 0. The maximum Gasteiger partial charge on any atom is 0.223 e. The molecule has 1 unspecified atom stereocenters. The molecule has 0 aromatic rings. The molecule has 0 fully saturated rings. The lowest BCUT2D eigenvalue weighted by Gasteiger charge is -2.14. The molecule has 0 aliphatic carbocycles. The Morgan fingerprint density at radius 1 is 1.36 bits per heavy atom. The van der Waals surface area contributed by atoms with E-state index in [2.05, 4.69) is 26.9 Å². The summed E-state index contributed by atoms with van der Waals surface area (Å²) in [6.07, 6.45) is 5.10. The number of hydrogen-bond acceptors (Lipinski definition) is 5. The summed E-state index contributed by atoms with van der Waals surface area (Å²) in [5.41, 5.74) is 0. The minimum atomic E-state index is -0.197. The zero-order valence-electron chi connectivity index (χ0n) is 8.05. The molecule has 2 aliphatic rings. The molecule has 0 aromatic carbocycles. The van der Waals surface area contributed by atoms with Gasteiger partial charge in [-0.15, -0.1) is 0 Å². The Morgan fingerprint density at radius 3 is 3.14 bits per heavy atom. The van der Waals surface area contributed by atoms with Crippen LogP contribution < -0.4 is 0 Å². The van der Waals surface area contributed by atoms with Gasteiger partial charge in [-0.25, -0.2) is 15.0 Å². The van der Waals surface area contributed by atoms with Crippen molar-refractivity contribution in [3.8, 4) is 0 Å². The van der Waals surface area contributed by atoms with Gasteiger partial charge in [-0.05, 0) is 6.42 Å². The van der Waals surface area contributed by atoms with Crippen molar-refractivity contribution in [3.63, 3.8) is 0 Å². The Bertz CT molecular complexity index is 330. The minimum absolute atomic E-state index is 0.197. The van der Waals surface area contributed by atoms with Crippen molar-refractivity contribution in [2.45, 2.75) is 25.8 Å². The zero-order chi connectivity index (χ0) is 9.80. The topological polar surface area (TPSA) is 58.7 Å². The summed E-state index contributed by atoms with van der Waals surface area (Å²) in [5, 5.41) is 0. The second-order valence-corrected chi connectivity index (χ2v) is 3.07. The molecule has 2 aliphatic heterocycles. The first-order chi connectivity index (χ1) is 6.92. The number of rotatable bonds is 3. The predicted molar refractivity (Wildman–Crippen MR) is 56.5 cm³/mol. The molecule has 2 rings (SSSR count). The molecule has 0 N–H and O–H groups in total. The normalized spacial score (nSPS) is 23.1. The van der Waals surface area contributed by atoms with Crippen LogP contribution in [0.25, 0.3) is 0 Å². The second kappa shape index (κ2) is 4.13. The highest BCUT2D eigenvalue weighted by Gasteiger charge is 2.27. The van der Waals surface area contributed by atoms with Crippen LogP contribution in [0.4, 0.5) is 0 Å². The molecule has 0 aromatic heterocycles. The molecule has 5 heteroatoms. The molecule has 0 spiro atoms. The van der Waals surface area contributed by atoms with Gasteiger partial charge in [-0.2, -0.15) is 0 Å². The van der Waals surface area contributed by atoms with E-state index in [1.807, 2.05) is 0 Å². The number of ether oxygens (including phenoxy) is 1. The van der Waals surface area contributed by atoms with Crippen LogP contribution in [0, 0.1) is 0 Å². The lowest BCUT2D eigenvalue weighted by atomic mass is 10.2. The Labute approximate surface area is 82.3 Å². The van der Waals surface area contributed by atoms with Crippen molar-refractivity contribution in [1.82, 2.24) is 0 Å². The van der Waals surface area contributed by atoms with Gasteiger partial charge in [0.25, 0.3) is 0 Å². The molecule has 0 bridgehead atoms. The number of amidine groups is 1. The summed E-state index contributed by atoms with van der Waals surface area (Å²) < 4.78 is 5.50. The van der Waals surface area contributed by atoms with Gasteiger partial charge >= 0.3 is 0 Å². The van der Waals surface area contributed by atoms with Crippen LogP contribution in [0.3, 0.4) is 0 Å². The molecule has 0 saturated carbocycles. The Kier molecular flexibility index (Phi) is 2.67. The highest BCUT2D eigenvalue weighted by Crippen LogP contribution is 2.10. The Morgan fingerprint density at radius 2 is 2.29 bits per heavy atom. The fourth-order valence-electron chi connectivity index (χ4n) is 1.23. The number of aliphatic imine (C=N–C) groups is 4. The van der Waals surface area contributed by atoms with Crippen LogP contribution in [-0.2, 0) is 4.74 Å². The Balaban J connectivity index is 1.97.